The Kier molecular flexibility index (Phi) is 8.75. The minimum Gasteiger partial charge on any atom is -0.383 e. The van der Waals surface area contributed by atoms with Crippen molar-refractivity contribution in [1.82, 2.24) is 10.3 Å². The number of carbonyl (C=O) groups excluding carboxylic acids is 3. The third-order valence-corrected chi connectivity index (χ3v) is 4.68. The van der Waals surface area contributed by atoms with Crippen LogP contribution in [0.1, 0.15) is 24.0 Å². The highest BCUT2D eigenvalue weighted by molar-refractivity contribution is 7.13. The van der Waals surface area contributed by atoms with Crippen LogP contribution >= 0.6 is 11.3 Å². The maximum atomic E-state index is 12.9. The molecule has 0 fully saturated rings. The third-order valence-electron chi connectivity index (χ3n) is 3.99. The normalized spacial score (nSPS) is 10.4. The largest absolute Gasteiger partial charge is 0.383 e. The number of hydrogen-bond donors (Lipinski definition) is 2. The number of aryl methyl sites for hydroxylation is 2. The highest BCUT2D eigenvalue weighted by atomic mass is 32.1. The Morgan fingerprint density at radius 2 is 1.83 bits per heavy atom. The van der Waals surface area contributed by atoms with E-state index >= 15 is 0 Å². The van der Waals surface area contributed by atoms with Crippen LogP contribution < -0.4 is 15.5 Å². The second kappa shape index (κ2) is 11.3. The second-order valence-corrected chi connectivity index (χ2v) is 7.45. The summed E-state index contributed by atoms with van der Waals surface area (Å²) >= 11 is 1.31. The van der Waals surface area contributed by atoms with Gasteiger partial charge in [0, 0.05) is 43.8 Å². The first-order chi connectivity index (χ1) is 13.9. The van der Waals surface area contributed by atoms with Gasteiger partial charge in [0.1, 0.15) is 6.54 Å². The zero-order chi connectivity index (χ0) is 21.2. The number of rotatable bonds is 10. The Balaban J connectivity index is 2.05. The van der Waals surface area contributed by atoms with Crippen molar-refractivity contribution in [2.75, 3.05) is 37.0 Å². The molecule has 0 aliphatic carbocycles. The summed E-state index contributed by atoms with van der Waals surface area (Å²) in [5, 5.41) is 7.62. The number of methoxy groups -OCH3 is 1. The second-order valence-electron chi connectivity index (χ2n) is 6.55. The molecule has 3 amide bonds. The van der Waals surface area contributed by atoms with Crippen LogP contribution in [0, 0.1) is 13.8 Å². The molecule has 0 radical (unpaired) electrons. The quantitative estimate of drug-likeness (QED) is 0.577. The molecule has 156 valence electrons. The molecule has 2 rings (SSSR count). The van der Waals surface area contributed by atoms with Crippen LogP contribution in [0.15, 0.2) is 29.8 Å². The zero-order valence-electron chi connectivity index (χ0n) is 16.9. The number of aromatic nitrogens is 1. The molecule has 1 aromatic heterocycles. The zero-order valence-corrected chi connectivity index (χ0v) is 17.7. The fourth-order valence-electron chi connectivity index (χ4n) is 2.74. The predicted octanol–water partition coefficient (Wildman–Crippen LogP) is 2.27. The van der Waals surface area contributed by atoms with Gasteiger partial charge in [-0.3, -0.25) is 14.4 Å². The molecule has 29 heavy (non-hydrogen) atoms. The van der Waals surface area contributed by atoms with Gasteiger partial charge in [-0.05, 0) is 37.1 Å². The average Bonchev–Trinajstić information content (AvgIpc) is 3.16. The van der Waals surface area contributed by atoms with Crippen molar-refractivity contribution in [3.63, 3.8) is 0 Å². The molecule has 0 bridgehead atoms. The van der Waals surface area contributed by atoms with Crippen LogP contribution in [0.25, 0.3) is 0 Å². The Bertz CT molecular complexity index is 819. The molecule has 0 aliphatic heterocycles. The first-order valence-corrected chi connectivity index (χ1v) is 10.1. The number of ether oxygens (including phenoxy) is 1. The number of nitrogens with one attached hydrogen (secondary N) is 2. The number of nitrogens with zero attached hydrogens (tertiary/aromatic N) is 2. The molecule has 1 aromatic carbocycles. The van der Waals surface area contributed by atoms with E-state index in [4.69, 9.17) is 4.74 Å². The summed E-state index contributed by atoms with van der Waals surface area (Å²) in [7, 11) is 1.55. The van der Waals surface area contributed by atoms with Crippen LogP contribution in [0.3, 0.4) is 0 Å². The lowest BCUT2D eigenvalue weighted by atomic mass is 10.1. The van der Waals surface area contributed by atoms with Gasteiger partial charge >= 0.3 is 0 Å². The van der Waals surface area contributed by atoms with E-state index in [0.717, 1.165) is 11.1 Å². The van der Waals surface area contributed by atoms with Gasteiger partial charge in [-0.1, -0.05) is 6.07 Å². The molecule has 2 aromatic rings. The smallest absolute Gasteiger partial charge is 0.240 e. The lowest BCUT2D eigenvalue weighted by Crippen LogP contribution is -2.42. The SMILES string of the molecule is COCCNC(=O)CN(C(=O)CCC(=O)Nc1nccs1)c1cc(C)cc(C)c1. The molecule has 8 nitrogen and oxygen atoms in total. The minimum absolute atomic E-state index is 0.00497. The van der Waals surface area contributed by atoms with Crippen LogP contribution in [0.5, 0.6) is 0 Å². The van der Waals surface area contributed by atoms with E-state index < -0.39 is 0 Å². The van der Waals surface area contributed by atoms with Gasteiger partial charge in [-0.2, -0.15) is 0 Å². The highest BCUT2D eigenvalue weighted by Gasteiger charge is 2.20. The van der Waals surface area contributed by atoms with E-state index in [2.05, 4.69) is 15.6 Å². The molecule has 0 aliphatic rings. The third kappa shape index (κ3) is 7.63. The van der Waals surface area contributed by atoms with Gasteiger partial charge in [-0.15, -0.1) is 11.3 Å². The van der Waals surface area contributed by atoms with Crippen molar-refractivity contribution >= 4 is 39.9 Å². The van der Waals surface area contributed by atoms with Crippen molar-refractivity contribution in [3.05, 3.63) is 40.9 Å². The number of thiazole rings is 1. The van der Waals surface area contributed by atoms with Crippen molar-refractivity contribution in [3.8, 4) is 0 Å². The van der Waals surface area contributed by atoms with E-state index in [9.17, 15) is 14.4 Å². The van der Waals surface area contributed by atoms with E-state index in [1.165, 1.54) is 16.2 Å². The number of carbonyl (C=O) groups is 3. The first kappa shape index (κ1) is 22.5. The molecular formula is C20H26N4O4S. The number of benzene rings is 1. The summed E-state index contributed by atoms with van der Waals surface area (Å²) in [6, 6.07) is 5.69. The lowest BCUT2D eigenvalue weighted by molar-refractivity contribution is -0.125. The van der Waals surface area contributed by atoms with Gasteiger partial charge in [0.15, 0.2) is 5.13 Å². The highest BCUT2D eigenvalue weighted by Crippen LogP contribution is 2.20. The number of hydrogen-bond acceptors (Lipinski definition) is 6. The van der Waals surface area contributed by atoms with E-state index in [-0.39, 0.29) is 37.1 Å². The van der Waals surface area contributed by atoms with E-state index in [0.29, 0.717) is 24.0 Å². The predicted molar refractivity (Wildman–Crippen MR) is 113 cm³/mol. The van der Waals surface area contributed by atoms with Gasteiger partial charge in [-0.25, -0.2) is 4.98 Å². The molecule has 0 atom stereocenters. The Morgan fingerprint density at radius 1 is 1.10 bits per heavy atom. The molecule has 2 N–H and O–H groups in total. The lowest BCUT2D eigenvalue weighted by Gasteiger charge is -2.23. The monoisotopic (exact) mass is 418 g/mol. The van der Waals surface area contributed by atoms with E-state index in [1.54, 1.807) is 18.7 Å². The van der Waals surface area contributed by atoms with Crippen molar-refractivity contribution in [1.29, 1.82) is 0 Å². The van der Waals surface area contributed by atoms with Crippen molar-refractivity contribution in [2.45, 2.75) is 26.7 Å². The minimum atomic E-state index is -0.300. The van der Waals surface area contributed by atoms with Crippen LogP contribution in [-0.2, 0) is 19.1 Å². The molecule has 1 heterocycles. The van der Waals surface area contributed by atoms with Gasteiger partial charge < -0.3 is 20.3 Å². The molecule has 0 saturated carbocycles. The Labute approximate surface area is 174 Å². The molecule has 0 spiro atoms. The molecule has 9 heteroatoms. The average molecular weight is 419 g/mol. The van der Waals surface area contributed by atoms with Crippen molar-refractivity contribution < 1.29 is 19.1 Å². The van der Waals surface area contributed by atoms with Crippen LogP contribution in [0.2, 0.25) is 0 Å². The molecular weight excluding hydrogens is 392 g/mol. The number of anilines is 2. The van der Waals surface area contributed by atoms with Gasteiger partial charge in [0.25, 0.3) is 0 Å². The molecule has 0 unspecified atom stereocenters. The topological polar surface area (TPSA) is 101 Å². The standard InChI is InChI=1S/C20H26N4O4S/c1-14-10-15(2)12-16(11-14)24(13-18(26)21-6-8-28-3)19(27)5-4-17(25)23-20-22-7-9-29-20/h7,9-12H,4-6,8,13H2,1-3H3,(H,21,26)(H,22,23,25). The van der Waals surface area contributed by atoms with Crippen molar-refractivity contribution in [2.24, 2.45) is 0 Å². The van der Waals surface area contributed by atoms with Gasteiger partial charge in [0.05, 0.1) is 6.61 Å². The van der Waals surface area contributed by atoms with E-state index in [1.807, 2.05) is 32.0 Å². The van der Waals surface area contributed by atoms with Crippen LogP contribution in [-0.4, -0.2) is 49.5 Å². The summed E-state index contributed by atoms with van der Waals surface area (Å²) in [6.45, 7) is 4.48. The fourth-order valence-corrected chi connectivity index (χ4v) is 3.29. The maximum Gasteiger partial charge on any atom is 0.240 e. The summed E-state index contributed by atoms with van der Waals surface area (Å²) in [4.78, 5) is 42.6. The summed E-state index contributed by atoms with van der Waals surface area (Å²) in [5.74, 6) is -0.883. The molecule has 0 saturated heterocycles. The summed E-state index contributed by atoms with van der Waals surface area (Å²) in [5.41, 5.74) is 2.60. The first-order valence-electron chi connectivity index (χ1n) is 9.22. The van der Waals surface area contributed by atoms with Crippen LogP contribution in [0.4, 0.5) is 10.8 Å². The van der Waals surface area contributed by atoms with Gasteiger partial charge in [0.2, 0.25) is 17.7 Å². The number of amides is 3. The Hall–Kier alpha value is -2.78. The maximum absolute atomic E-state index is 12.9. The Morgan fingerprint density at radius 3 is 2.45 bits per heavy atom. The fraction of sp³-hybridized carbons (Fsp3) is 0.400. The summed E-state index contributed by atoms with van der Waals surface area (Å²) in [6.07, 6.45) is 1.58. The summed E-state index contributed by atoms with van der Waals surface area (Å²) < 4.78 is 4.92.